The van der Waals surface area contributed by atoms with Crippen molar-refractivity contribution in [3.63, 3.8) is 0 Å². The van der Waals surface area contributed by atoms with Gasteiger partial charge in [-0.25, -0.2) is 19.9 Å². The maximum Gasteiger partial charge on any atom is 0.240 e. The molecular weight excluding hydrogens is 432 g/mol. The van der Waals surface area contributed by atoms with E-state index in [1.807, 2.05) is 0 Å². The molecule has 4 aromatic rings. The molecule has 0 bridgehead atoms. The second-order valence-electron chi connectivity index (χ2n) is 7.53. The van der Waals surface area contributed by atoms with Crippen molar-refractivity contribution in [2.24, 2.45) is 0 Å². The van der Waals surface area contributed by atoms with E-state index >= 15 is 0 Å². The van der Waals surface area contributed by atoms with Gasteiger partial charge in [-0.05, 0) is 24.6 Å². The molecule has 32 heavy (non-hydrogen) atoms. The predicted molar refractivity (Wildman–Crippen MR) is 121 cm³/mol. The first-order valence-electron chi connectivity index (χ1n) is 9.86. The monoisotopic (exact) mass is 450 g/mol. The molecule has 1 aromatic carbocycles. The normalized spacial score (nSPS) is 17.4. The fourth-order valence-electron chi connectivity index (χ4n) is 3.91. The van der Waals surface area contributed by atoms with Crippen LogP contribution in [0.15, 0.2) is 42.9 Å². The van der Waals surface area contributed by atoms with Crippen molar-refractivity contribution >= 4 is 40.6 Å². The van der Waals surface area contributed by atoms with Gasteiger partial charge in [-0.3, -0.25) is 4.79 Å². The molecule has 162 valence electrons. The van der Waals surface area contributed by atoms with Crippen LogP contribution in [0, 0.1) is 0 Å². The van der Waals surface area contributed by atoms with Crippen molar-refractivity contribution in [3.8, 4) is 11.5 Å². The lowest BCUT2D eigenvalue weighted by atomic mass is 9.78. The summed E-state index contributed by atoms with van der Waals surface area (Å²) in [5, 5.41) is 15.6. The summed E-state index contributed by atoms with van der Waals surface area (Å²) in [5.74, 6) is 0.991. The molecule has 1 aliphatic rings. The summed E-state index contributed by atoms with van der Waals surface area (Å²) in [6, 6.07) is 7.03. The van der Waals surface area contributed by atoms with Gasteiger partial charge < -0.3 is 25.9 Å². The number of carbonyl (C=O) groups excluding carboxylic acids is 1. The van der Waals surface area contributed by atoms with E-state index in [1.54, 1.807) is 54.2 Å². The third kappa shape index (κ3) is 3.03. The van der Waals surface area contributed by atoms with Crippen LogP contribution in [0.25, 0.3) is 17.2 Å². The van der Waals surface area contributed by atoms with Gasteiger partial charge in [0, 0.05) is 30.2 Å². The highest BCUT2D eigenvalue weighted by molar-refractivity contribution is 6.30. The quantitative estimate of drug-likeness (QED) is 0.362. The Kier molecular flexibility index (Phi) is 4.68. The van der Waals surface area contributed by atoms with Gasteiger partial charge in [0.25, 0.3) is 0 Å². The molecule has 11 heteroatoms. The number of amides is 1. The highest BCUT2D eigenvalue weighted by Crippen LogP contribution is 2.45. The zero-order valence-electron chi connectivity index (χ0n) is 17.0. The number of aliphatic hydroxyl groups is 1. The SMILES string of the molecule is CC1(c2ccc(Cl)cc2)C(=O)Nc2nc(-c3cn4ccnc4c(NCCO)n3)nc(N)c21. The Morgan fingerprint density at radius 3 is 2.78 bits per heavy atom. The fraction of sp³-hybridized carbons (Fsp3) is 0.190. The van der Waals surface area contributed by atoms with Crippen LogP contribution in [-0.2, 0) is 10.2 Å². The lowest BCUT2D eigenvalue weighted by Gasteiger charge is -2.23. The van der Waals surface area contributed by atoms with Crippen molar-refractivity contribution in [1.82, 2.24) is 24.3 Å². The number of nitrogens with one attached hydrogen (secondary N) is 2. The molecule has 0 saturated heterocycles. The molecular formula is C21H19ClN8O2. The molecule has 10 nitrogen and oxygen atoms in total. The fourth-order valence-corrected chi connectivity index (χ4v) is 4.04. The number of benzene rings is 1. The average molecular weight is 451 g/mol. The van der Waals surface area contributed by atoms with Gasteiger partial charge in [-0.15, -0.1) is 0 Å². The number of hydrogen-bond acceptors (Lipinski definition) is 8. The number of fused-ring (bicyclic) bond motifs is 2. The summed E-state index contributed by atoms with van der Waals surface area (Å²) in [5.41, 5.74) is 7.57. The van der Waals surface area contributed by atoms with E-state index < -0.39 is 5.41 Å². The van der Waals surface area contributed by atoms with Crippen LogP contribution in [0.4, 0.5) is 17.5 Å². The number of aliphatic hydroxyl groups excluding tert-OH is 1. The Bertz CT molecular complexity index is 1350. The van der Waals surface area contributed by atoms with Crippen LogP contribution in [0.2, 0.25) is 5.02 Å². The van der Waals surface area contributed by atoms with Gasteiger partial charge in [0.15, 0.2) is 17.3 Å². The minimum Gasteiger partial charge on any atom is -0.395 e. The summed E-state index contributed by atoms with van der Waals surface area (Å²) >= 11 is 6.02. The lowest BCUT2D eigenvalue weighted by Crippen LogP contribution is -2.32. The molecule has 0 radical (unpaired) electrons. The number of rotatable bonds is 5. The Labute approximate surface area is 187 Å². The Morgan fingerprint density at radius 1 is 1.25 bits per heavy atom. The summed E-state index contributed by atoms with van der Waals surface area (Å²) in [4.78, 5) is 30.9. The highest BCUT2D eigenvalue weighted by Gasteiger charge is 2.47. The third-order valence-electron chi connectivity index (χ3n) is 5.55. The molecule has 1 unspecified atom stereocenters. The van der Waals surface area contributed by atoms with E-state index in [0.717, 1.165) is 5.56 Å². The largest absolute Gasteiger partial charge is 0.395 e. The number of anilines is 3. The van der Waals surface area contributed by atoms with Crippen molar-refractivity contribution in [2.45, 2.75) is 12.3 Å². The third-order valence-corrected chi connectivity index (χ3v) is 5.80. The van der Waals surface area contributed by atoms with Gasteiger partial charge in [0.2, 0.25) is 5.91 Å². The molecule has 3 aromatic heterocycles. The zero-order chi connectivity index (χ0) is 22.5. The Morgan fingerprint density at radius 2 is 2.03 bits per heavy atom. The number of nitrogens with two attached hydrogens (primary N) is 1. The van der Waals surface area contributed by atoms with E-state index in [9.17, 15) is 4.79 Å². The van der Waals surface area contributed by atoms with E-state index in [-0.39, 0.29) is 24.2 Å². The number of hydrogen-bond donors (Lipinski definition) is 4. The van der Waals surface area contributed by atoms with Crippen LogP contribution in [0.5, 0.6) is 0 Å². The average Bonchev–Trinajstić information content (AvgIpc) is 3.35. The van der Waals surface area contributed by atoms with Crippen molar-refractivity contribution in [3.05, 3.63) is 59.0 Å². The number of aromatic nitrogens is 5. The summed E-state index contributed by atoms with van der Waals surface area (Å²) < 4.78 is 1.77. The van der Waals surface area contributed by atoms with E-state index in [4.69, 9.17) is 22.4 Å². The number of imidazole rings is 1. The number of carbonyl (C=O) groups is 1. The van der Waals surface area contributed by atoms with Crippen LogP contribution in [0.1, 0.15) is 18.1 Å². The van der Waals surface area contributed by atoms with Gasteiger partial charge in [-0.2, -0.15) is 0 Å². The molecule has 0 fully saturated rings. The molecule has 5 N–H and O–H groups in total. The molecule has 0 spiro atoms. The van der Waals surface area contributed by atoms with Crippen LogP contribution < -0.4 is 16.4 Å². The maximum absolute atomic E-state index is 13.0. The van der Waals surface area contributed by atoms with Gasteiger partial charge in [0.05, 0.1) is 12.2 Å². The van der Waals surface area contributed by atoms with Crippen molar-refractivity contribution < 1.29 is 9.90 Å². The highest BCUT2D eigenvalue weighted by atomic mass is 35.5. The maximum atomic E-state index is 13.0. The molecule has 1 aliphatic heterocycles. The molecule has 4 heterocycles. The Hall–Kier alpha value is -3.76. The molecule has 0 aliphatic carbocycles. The van der Waals surface area contributed by atoms with E-state index in [0.29, 0.717) is 40.1 Å². The molecule has 0 saturated carbocycles. The predicted octanol–water partition coefficient (Wildman–Crippen LogP) is 2.08. The number of nitrogen functional groups attached to an aromatic ring is 1. The van der Waals surface area contributed by atoms with Gasteiger partial charge >= 0.3 is 0 Å². The van der Waals surface area contributed by atoms with Crippen LogP contribution in [-0.4, -0.2) is 48.5 Å². The number of halogens is 1. The van der Waals surface area contributed by atoms with Crippen molar-refractivity contribution in [1.29, 1.82) is 0 Å². The smallest absolute Gasteiger partial charge is 0.240 e. The van der Waals surface area contributed by atoms with Crippen molar-refractivity contribution in [2.75, 3.05) is 29.5 Å². The molecule has 1 atom stereocenters. The summed E-state index contributed by atoms with van der Waals surface area (Å²) in [7, 11) is 0. The number of nitrogens with zero attached hydrogens (tertiary/aromatic N) is 5. The van der Waals surface area contributed by atoms with Gasteiger partial charge in [-0.1, -0.05) is 23.7 Å². The van der Waals surface area contributed by atoms with E-state index in [1.165, 1.54) is 0 Å². The van der Waals surface area contributed by atoms with Gasteiger partial charge in [0.1, 0.15) is 22.7 Å². The molecule has 5 rings (SSSR count). The first kappa shape index (κ1) is 20.2. The minimum absolute atomic E-state index is 0.0591. The summed E-state index contributed by atoms with van der Waals surface area (Å²) in [6.07, 6.45) is 5.13. The lowest BCUT2D eigenvalue weighted by molar-refractivity contribution is -0.119. The van der Waals surface area contributed by atoms with E-state index in [2.05, 4.69) is 30.6 Å². The topological polar surface area (TPSA) is 143 Å². The minimum atomic E-state index is -1.06. The first-order chi connectivity index (χ1) is 15.4. The summed E-state index contributed by atoms with van der Waals surface area (Å²) in [6.45, 7) is 2.03. The first-order valence-corrected chi connectivity index (χ1v) is 10.2. The molecule has 1 amide bonds. The Balaban J connectivity index is 1.63. The zero-order valence-corrected chi connectivity index (χ0v) is 17.8. The van der Waals surface area contributed by atoms with Crippen LogP contribution in [0.3, 0.4) is 0 Å². The second-order valence-corrected chi connectivity index (χ2v) is 7.96. The van der Waals surface area contributed by atoms with Crippen LogP contribution >= 0.6 is 11.6 Å². The second kappa shape index (κ2) is 7.43. The standard InChI is InChI=1S/C21H19ClN8O2/c1-21(11-2-4-12(22)5-3-11)14-15(23)27-16(28-17(14)29-20(21)32)13-10-30-8-6-25-19(30)18(26-13)24-7-9-31/h2-6,8,10,31H,7,9H2,1H3,(H,24,26)(H3,23,27,28,29,32).